The van der Waals surface area contributed by atoms with E-state index in [0.29, 0.717) is 38.0 Å². The van der Waals surface area contributed by atoms with Crippen LogP contribution in [0.3, 0.4) is 0 Å². The molecule has 1 aliphatic heterocycles. The summed E-state index contributed by atoms with van der Waals surface area (Å²) in [7, 11) is -3.19. The highest BCUT2D eigenvalue weighted by atomic mass is 32.2. The topological polar surface area (TPSA) is 92.5 Å². The molecule has 1 heterocycles. The fraction of sp³-hybridized carbons (Fsp3) is 0.588. The van der Waals surface area contributed by atoms with Gasteiger partial charge in [0.05, 0.1) is 5.75 Å². The molecule has 0 atom stereocenters. The zero-order valence-corrected chi connectivity index (χ0v) is 15.2. The van der Waals surface area contributed by atoms with Crippen molar-refractivity contribution in [3.63, 3.8) is 0 Å². The predicted molar refractivity (Wildman–Crippen MR) is 95.0 cm³/mol. The first-order valence-corrected chi connectivity index (χ1v) is 10.0. The Morgan fingerprint density at radius 3 is 2.33 bits per heavy atom. The van der Waals surface area contributed by atoms with Crippen molar-refractivity contribution in [2.45, 2.75) is 39.3 Å². The third-order valence-electron chi connectivity index (χ3n) is 4.18. The monoisotopic (exact) mass is 353 g/mol. The van der Waals surface area contributed by atoms with Crippen LogP contribution in [0.25, 0.3) is 0 Å². The van der Waals surface area contributed by atoms with Gasteiger partial charge in [0.15, 0.2) is 0 Å². The first kappa shape index (κ1) is 18.9. The summed E-state index contributed by atoms with van der Waals surface area (Å²) in [6.45, 7) is 5.18. The molecule has 0 unspecified atom stereocenters. The lowest BCUT2D eigenvalue weighted by Crippen LogP contribution is -2.47. The number of nitrogens with one attached hydrogen (secondary N) is 1. The van der Waals surface area contributed by atoms with Crippen molar-refractivity contribution in [1.29, 1.82) is 0 Å². The maximum atomic E-state index is 12.3. The molecule has 1 aromatic rings. The van der Waals surface area contributed by atoms with Crippen LogP contribution in [0.15, 0.2) is 24.3 Å². The van der Waals surface area contributed by atoms with Gasteiger partial charge in [-0.05, 0) is 36.5 Å². The highest BCUT2D eigenvalue weighted by Crippen LogP contribution is 2.17. The quantitative estimate of drug-likeness (QED) is 0.807. The number of benzene rings is 1. The van der Waals surface area contributed by atoms with Crippen molar-refractivity contribution < 1.29 is 13.2 Å². The van der Waals surface area contributed by atoms with Gasteiger partial charge in [-0.3, -0.25) is 4.79 Å². The van der Waals surface area contributed by atoms with Crippen molar-refractivity contribution >= 4 is 15.9 Å². The molecule has 1 aliphatic rings. The van der Waals surface area contributed by atoms with E-state index in [2.05, 4.69) is 5.32 Å². The number of carbonyl (C=O) groups excluding carboxylic acids is 1. The second-order valence-corrected chi connectivity index (χ2v) is 8.73. The minimum atomic E-state index is -3.19. The molecule has 7 heteroatoms. The summed E-state index contributed by atoms with van der Waals surface area (Å²) in [5, 5.41) is 2.99. The number of sulfonamides is 1. The number of amides is 1. The molecule has 3 N–H and O–H groups in total. The first-order valence-electron chi connectivity index (χ1n) is 8.39. The predicted octanol–water partition coefficient (Wildman–Crippen LogP) is 1.33. The molecule has 0 aromatic heterocycles. The molecule has 0 bridgehead atoms. The molecule has 2 rings (SSSR count). The minimum absolute atomic E-state index is 0.0113. The van der Waals surface area contributed by atoms with Gasteiger partial charge in [-0.1, -0.05) is 26.0 Å². The standard InChI is InChI=1S/C17H27N3O3S/c1-13(2)12-24(22,23)20-9-7-16(8-10-20)19-17(21)15-5-3-14(11-18)4-6-15/h3-6,13,16H,7-12,18H2,1-2H3,(H,19,21). The Morgan fingerprint density at radius 2 is 1.83 bits per heavy atom. The molecule has 6 nitrogen and oxygen atoms in total. The molecule has 0 aliphatic carbocycles. The van der Waals surface area contributed by atoms with Crippen LogP contribution in [0, 0.1) is 5.92 Å². The van der Waals surface area contributed by atoms with Gasteiger partial charge in [0, 0.05) is 31.2 Å². The van der Waals surface area contributed by atoms with Crippen LogP contribution in [0.5, 0.6) is 0 Å². The Labute approximate surface area is 144 Å². The van der Waals surface area contributed by atoms with Crippen LogP contribution in [-0.2, 0) is 16.6 Å². The number of nitrogens with zero attached hydrogens (tertiary/aromatic N) is 1. The normalized spacial score (nSPS) is 17.2. The Hall–Kier alpha value is -1.44. The lowest BCUT2D eigenvalue weighted by atomic mass is 10.1. The Kier molecular flexibility index (Phi) is 6.37. The molecule has 0 spiro atoms. The van der Waals surface area contributed by atoms with Gasteiger partial charge >= 0.3 is 0 Å². The van der Waals surface area contributed by atoms with E-state index in [4.69, 9.17) is 5.73 Å². The van der Waals surface area contributed by atoms with E-state index >= 15 is 0 Å². The molecule has 1 saturated heterocycles. The number of piperidine rings is 1. The third-order valence-corrected chi connectivity index (χ3v) is 6.42. The molecule has 134 valence electrons. The zero-order valence-electron chi connectivity index (χ0n) is 14.4. The Morgan fingerprint density at radius 1 is 1.25 bits per heavy atom. The number of rotatable bonds is 6. The lowest BCUT2D eigenvalue weighted by molar-refractivity contribution is 0.0924. The second kappa shape index (κ2) is 8.09. The average molecular weight is 353 g/mol. The summed E-state index contributed by atoms with van der Waals surface area (Å²) < 4.78 is 26.0. The van der Waals surface area contributed by atoms with Gasteiger partial charge in [-0.15, -0.1) is 0 Å². The summed E-state index contributed by atoms with van der Waals surface area (Å²) >= 11 is 0. The summed E-state index contributed by atoms with van der Waals surface area (Å²) in [6.07, 6.45) is 1.29. The van der Waals surface area contributed by atoms with Crippen LogP contribution in [0.4, 0.5) is 0 Å². The lowest BCUT2D eigenvalue weighted by Gasteiger charge is -2.32. The van der Waals surface area contributed by atoms with E-state index in [-0.39, 0.29) is 23.6 Å². The highest BCUT2D eigenvalue weighted by molar-refractivity contribution is 7.89. The smallest absolute Gasteiger partial charge is 0.251 e. The Balaban J connectivity index is 1.87. The zero-order chi connectivity index (χ0) is 17.7. The van der Waals surface area contributed by atoms with Crippen LogP contribution >= 0.6 is 0 Å². The fourth-order valence-corrected chi connectivity index (χ4v) is 4.69. The maximum Gasteiger partial charge on any atom is 0.251 e. The largest absolute Gasteiger partial charge is 0.349 e. The molecule has 1 aromatic carbocycles. The van der Waals surface area contributed by atoms with Gasteiger partial charge in [0.2, 0.25) is 10.0 Å². The SMILES string of the molecule is CC(C)CS(=O)(=O)N1CCC(NC(=O)c2ccc(CN)cc2)CC1. The molecule has 0 radical (unpaired) electrons. The van der Waals surface area contributed by atoms with E-state index < -0.39 is 10.0 Å². The number of nitrogens with two attached hydrogens (primary N) is 1. The first-order chi connectivity index (χ1) is 11.3. The van der Waals surface area contributed by atoms with Crippen molar-refractivity contribution in [1.82, 2.24) is 9.62 Å². The Bertz CT molecular complexity index is 648. The maximum absolute atomic E-state index is 12.3. The van der Waals surface area contributed by atoms with E-state index in [1.165, 1.54) is 0 Å². The van der Waals surface area contributed by atoms with E-state index in [9.17, 15) is 13.2 Å². The average Bonchev–Trinajstić information content (AvgIpc) is 2.54. The van der Waals surface area contributed by atoms with E-state index in [1.54, 1.807) is 16.4 Å². The fourth-order valence-electron chi connectivity index (χ4n) is 2.87. The molecular weight excluding hydrogens is 326 g/mol. The summed E-state index contributed by atoms with van der Waals surface area (Å²) in [5.41, 5.74) is 7.13. The van der Waals surface area contributed by atoms with Gasteiger partial charge in [0.25, 0.3) is 5.91 Å². The van der Waals surface area contributed by atoms with E-state index in [1.807, 2.05) is 26.0 Å². The van der Waals surface area contributed by atoms with E-state index in [0.717, 1.165) is 5.56 Å². The molecule has 24 heavy (non-hydrogen) atoms. The molecule has 1 fully saturated rings. The summed E-state index contributed by atoms with van der Waals surface area (Å²) in [4.78, 5) is 12.3. The summed E-state index contributed by atoms with van der Waals surface area (Å²) in [5.74, 6) is 0.170. The number of carbonyl (C=O) groups is 1. The van der Waals surface area contributed by atoms with Crippen LogP contribution < -0.4 is 11.1 Å². The molecule has 1 amide bonds. The van der Waals surface area contributed by atoms with Gasteiger partial charge in [-0.2, -0.15) is 0 Å². The van der Waals surface area contributed by atoms with Crippen LogP contribution in [0.1, 0.15) is 42.6 Å². The number of hydrogen-bond donors (Lipinski definition) is 2. The molecule has 0 saturated carbocycles. The molecular formula is C17H27N3O3S. The van der Waals surface area contributed by atoms with Crippen molar-refractivity contribution in [3.05, 3.63) is 35.4 Å². The van der Waals surface area contributed by atoms with Crippen molar-refractivity contribution in [3.8, 4) is 0 Å². The van der Waals surface area contributed by atoms with Crippen molar-refractivity contribution in [2.75, 3.05) is 18.8 Å². The van der Waals surface area contributed by atoms with Crippen LogP contribution in [0.2, 0.25) is 0 Å². The van der Waals surface area contributed by atoms with Gasteiger partial charge in [0.1, 0.15) is 0 Å². The summed E-state index contributed by atoms with van der Waals surface area (Å²) in [6, 6.07) is 7.23. The highest BCUT2D eigenvalue weighted by Gasteiger charge is 2.29. The third kappa shape index (κ3) is 5.03. The number of hydrogen-bond acceptors (Lipinski definition) is 4. The van der Waals surface area contributed by atoms with Gasteiger partial charge < -0.3 is 11.1 Å². The van der Waals surface area contributed by atoms with Gasteiger partial charge in [-0.25, -0.2) is 12.7 Å². The minimum Gasteiger partial charge on any atom is -0.349 e. The van der Waals surface area contributed by atoms with Crippen molar-refractivity contribution in [2.24, 2.45) is 11.7 Å². The van der Waals surface area contributed by atoms with Crippen LogP contribution in [-0.4, -0.2) is 43.5 Å². The second-order valence-electron chi connectivity index (χ2n) is 6.72.